The van der Waals surface area contributed by atoms with Crippen molar-refractivity contribution in [2.75, 3.05) is 33.0 Å². The number of carboxylic acid groups (broad SMARTS) is 1. The highest BCUT2D eigenvalue weighted by molar-refractivity contribution is 5.76. The molecular weight excluding hydrogens is 1070 g/mol. The topological polar surface area (TPSA) is 561 Å². The van der Waals surface area contributed by atoms with Crippen molar-refractivity contribution in [2.24, 2.45) is 0 Å². The van der Waals surface area contributed by atoms with Crippen LogP contribution in [0.5, 0.6) is 0 Å². The molecule has 0 aromatic carbocycles. The van der Waals surface area contributed by atoms with Gasteiger partial charge in [-0.15, -0.1) is 0 Å². The summed E-state index contributed by atoms with van der Waals surface area (Å²) in [7, 11) is 0. The van der Waals surface area contributed by atoms with Crippen LogP contribution in [0.2, 0.25) is 0 Å². The molecule has 6 saturated heterocycles. The molecule has 2 amide bonds. The molecule has 6 fully saturated rings. The molecule has 0 aliphatic carbocycles. The van der Waals surface area contributed by atoms with Gasteiger partial charge in [0.1, 0.15) is 134 Å². The van der Waals surface area contributed by atoms with Crippen LogP contribution in [0.25, 0.3) is 0 Å². The Hall–Kier alpha value is -2.75. The SMILES string of the molecule is CC(=O)N[C@H]1[C@H](O[C@H]2[C@@H](O)[C@@H](CO)O[C@@H](O[C@H]3[C@H](O)[C@@H](O)[C@H](O)O[C@@H]3CO)[C@@H]2O)O[C@H](CO)[C@@H](O[C@@H]2O[C@H](CO[C@]3(C(=O)O)C[C@H](O)[C@@H](NC(C)=O)[C@H]([C@H](O)[C@H](O)CO)O3)[C@H](O)[C@H](O)[C@H]2O)[C@@H]1O[C@@H]1O[C@@H](C)[C@@H](O)[C@@H](O)[C@@H]1O. The van der Waals surface area contributed by atoms with E-state index in [9.17, 15) is 111 Å². The van der Waals surface area contributed by atoms with E-state index in [1.165, 1.54) is 6.92 Å². The summed E-state index contributed by atoms with van der Waals surface area (Å²) >= 11 is 0. The maximum atomic E-state index is 13.1. The van der Waals surface area contributed by atoms with Crippen molar-refractivity contribution in [1.82, 2.24) is 10.6 Å². The molecule has 6 aliphatic heterocycles. The van der Waals surface area contributed by atoms with Crippen LogP contribution < -0.4 is 10.6 Å². The van der Waals surface area contributed by atoms with E-state index in [1.54, 1.807) is 0 Å². The Labute approximate surface area is 441 Å². The monoisotopic (exact) mass is 1140 g/mol. The zero-order valence-corrected chi connectivity index (χ0v) is 41.8. The predicted molar refractivity (Wildman–Crippen MR) is 238 cm³/mol. The number of amides is 2. The summed E-state index contributed by atoms with van der Waals surface area (Å²) in [4.78, 5) is 38.0. The Morgan fingerprint density at radius 3 is 1.62 bits per heavy atom. The molecular formula is C43H72N2O33. The highest BCUT2D eigenvalue weighted by Gasteiger charge is 2.60. The fourth-order valence-electron chi connectivity index (χ4n) is 9.85. The number of hydrogen-bond donors (Lipinski definition) is 21. The van der Waals surface area contributed by atoms with E-state index in [2.05, 4.69) is 10.6 Å². The first-order chi connectivity index (χ1) is 36.6. The minimum atomic E-state index is -3.03. The average molecular weight is 1150 g/mol. The van der Waals surface area contributed by atoms with Gasteiger partial charge < -0.3 is 160 Å². The third-order valence-corrected chi connectivity index (χ3v) is 14.2. The number of carbonyl (C=O) groups is 3. The fourth-order valence-corrected chi connectivity index (χ4v) is 9.85. The molecule has 0 aromatic heterocycles. The van der Waals surface area contributed by atoms with Crippen LogP contribution in [0.1, 0.15) is 27.2 Å². The lowest BCUT2D eigenvalue weighted by atomic mass is 9.88. The maximum Gasteiger partial charge on any atom is 0.364 e. The molecule has 21 N–H and O–H groups in total. The molecule has 452 valence electrons. The molecule has 6 aliphatic rings. The highest BCUT2D eigenvalue weighted by atomic mass is 16.8. The Bertz CT molecular complexity index is 1950. The molecule has 0 radical (unpaired) electrons. The van der Waals surface area contributed by atoms with Gasteiger partial charge in [0.25, 0.3) is 5.79 Å². The molecule has 0 bridgehead atoms. The molecule has 0 spiro atoms. The largest absolute Gasteiger partial charge is 0.477 e. The fraction of sp³-hybridized carbons (Fsp3) is 0.930. The van der Waals surface area contributed by atoms with Crippen LogP contribution in [0, 0.1) is 0 Å². The van der Waals surface area contributed by atoms with E-state index in [4.69, 9.17) is 52.1 Å². The number of aliphatic carboxylic acids is 1. The Kier molecular flexibility index (Phi) is 22.4. The van der Waals surface area contributed by atoms with Crippen LogP contribution in [0.15, 0.2) is 0 Å². The smallest absolute Gasteiger partial charge is 0.364 e. The zero-order chi connectivity index (χ0) is 58.0. The second-order valence-corrected chi connectivity index (χ2v) is 19.7. The maximum absolute atomic E-state index is 13.1. The highest BCUT2D eigenvalue weighted by Crippen LogP contribution is 2.39. The minimum absolute atomic E-state index is 0.803. The molecule has 35 heteroatoms. The molecule has 0 saturated carbocycles. The van der Waals surface area contributed by atoms with Crippen LogP contribution in [-0.2, 0) is 66.5 Å². The van der Waals surface area contributed by atoms with Crippen molar-refractivity contribution in [3.8, 4) is 0 Å². The van der Waals surface area contributed by atoms with Crippen LogP contribution in [0.4, 0.5) is 0 Å². The standard InChI is InChI=1S/C43H72N2O33/c1-10-21(54)25(58)29(62)39(69-10)76-35-20(45-12(3)51)38(77-36-24(57)15(6-47)71-41(31(36)64)74-32-16(7-48)70-37(65)28(61)27(32)60)72-17(8-49)33(35)75-40-30(63)26(59)23(56)18(73-40)9-68-43(42(66)67)4-13(52)19(44-11(2)50)34(78-43)22(55)14(53)5-46/h10,13-41,46-49,52-65H,4-9H2,1-3H3,(H,44,50)(H,45,51)(H,66,67)/t10-,13-,14+,15+,16+,17+,18+,19+,20+,21+,22+,23-,24-,25+,26-,27+,28+,29-,30+,31+,32+,33+,34+,35+,36-,37+,38-,39-,40-,41-,43+/m0/s1. The first-order valence-electron chi connectivity index (χ1n) is 24.6. The Balaban J connectivity index is 1.32. The van der Waals surface area contributed by atoms with E-state index >= 15 is 0 Å². The zero-order valence-electron chi connectivity index (χ0n) is 41.8. The summed E-state index contributed by atoms with van der Waals surface area (Å²) in [6.07, 6.45) is -57.1. The number of aliphatic hydroxyl groups excluding tert-OH is 18. The van der Waals surface area contributed by atoms with Crippen LogP contribution in [-0.4, -0.2) is 338 Å². The van der Waals surface area contributed by atoms with Gasteiger partial charge in [-0.05, 0) is 6.92 Å². The lowest BCUT2D eigenvalue weighted by Crippen LogP contribution is -2.71. The summed E-state index contributed by atoms with van der Waals surface area (Å²) in [5.74, 6) is -6.77. The minimum Gasteiger partial charge on any atom is -0.477 e. The second-order valence-electron chi connectivity index (χ2n) is 19.7. The first kappa shape index (κ1) is 64.4. The molecule has 78 heavy (non-hydrogen) atoms. The van der Waals surface area contributed by atoms with Gasteiger partial charge >= 0.3 is 5.97 Å². The van der Waals surface area contributed by atoms with E-state index in [1.807, 2.05) is 0 Å². The molecule has 35 nitrogen and oxygen atoms in total. The van der Waals surface area contributed by atoms with Crippen molar-refractivity contribution in [3.63, 3.8) is 0 Å². The lowest BCUT2D eigenvalue weighted by Gasteiger charge is -2.52. The van der Waals surface area contributed by atoms with E-state index in [0.29, 0.717) is 0 Å². The van der Waals surface area contributed by atoms with Crippen molar-refractivity contribution in [2.45, 2.75) is 217 Å². The summed E-state index contributed by atoms with van der Waals surface area (Å²) in [5, 5.41) is 208. The first-order valence-corrected chi connectivity index (χ1v) is 24.6. The van der Waals surface area contributed by atoms with E-state index in [0.717, 1.165) is 13.8 Å². The Morgan fingerprint density at radius 1 is 0.538 bits per heavy atom. The molecule has 6 rings (SSSR count). The summed E-state index contributed by atoms with van der Waals surface area (Å²) in [5.41, 5.74) is 0. The lowest BCUT2D eigenvalue weighted by molar-refractivity contribution is -0.392. The van der Waals surface area contributed by atoms with Crippen LogP contribution >= 0.6 is 0 Å². The van der Waals surface area contributed by atoms with Crippen molar-refractivity contribution >= 4 is 17.8 Å². The van der Waals surface area contributed by atoms with E-state index < -0.39 is 247 Å². The van der Waals surface area contributed by atoms with Gasteiger partial charge in [0.05, 0.1) is 51.3 Å². The van der Waals surface area contributed by atoms with Gasteiger partial charge in [0, 0.05) is 20.3 Å². The predicted octanol–water partition coefficient (Wildman–Crippen LogP) is -13.6. The number of hydrogen-bond acceptors (Lipinski definition) is 32. The van der Waals surface area contributed by atoms with Gasteiger partial charge in [0.15, 0.2) is 31.5 Å². The number of carbonyl (C=O) groups excluding carboxylic acids is 2. The number of rotatable bonds is 20. The third kappa shape index (κ3) is 13.7. The normalized spacial score (nSPS) is 48.1. The van der Waals surface area contributed by atoms with Crippen LogP contribution in [0.3, 0.4) is 0 Å². The quantitative estimate of drug-likeness (QED) is 0.0538. The number of aliphatic hydroxyl groups is 18. The number of ether oxygens (including phenoxy) is 11. The molecule has 31 atom stereocenters. The summed E-state index contributed by atoms with van der Waals surface area (Å²) < 4.78 is 63.4. The number of nitrogens with one attached hydrogen (secondary N) is 2. The van der Waals surface area contributed by atoms with Gasteiger partial charge in [-0.3, -0.25) is 9.59 Å². The van der Waals surface area contributed by atoms with E-state index in [-0.39, 0.29) is 0 Å². The third-order valence-electron chi connectivity index (χ3n) is 14.2. The average Bonchev–Trinajstić information content (AvgIpc) is 3.48. The number of carboxylic acids is 1. The Morgan fingerprint density at radius 2 is 1.04 bits per heavy atom. The second kappa shape index (κ2) is 27.1. The summed E-state index contributed by atoms with van der Waals surface area (Å²) in [6, 6.07) is -3.53. The molecule has 0 unspecified atom stereocenters. The molecule has 6 heterocycles. The van der Waals surface area contributed by atoms with Crippen molar-refractivity contribution < 1.29 is 164 Å². The van der Waals surface area contributed by atoms with Crippen molar-refractivity contribution in [3.05, 3.63) is 0 Å². The molecule has 0 aromatic rings. The van der Waals surface area contributed by atoms with Gasteiger partial charge in [0.2, 0.25) is 11.8 Å². The van der Waals surface area contributed by atoms with Gasteiger partial charge in [-0.1, -0.05) is 0 Å². The van der Waals surface area contributed by atoms with Crippen molar-refractivity contribution in [1.29, 1.82) is 0 Å². The summed E-state index contributed by atoms with van der Waals surface area (Å²) in [6.45, 7) is -2.22. The van der Waals surface area contributed by atoms with Gasteiger partial charge in [-0.25, -0.2) is 4.79 Å². The van der Waals surface area contributed by atoms with Gasteiger partial charge in [-0.2, -0.15) is 0 Å².